The fourth-order valence-corrected chi connectivity index (χ4v) is 3.38. The van der Waals surface area contributed by atoms with Crippen LogP contribution in [0.15, 0.2) is 24.3 Å². The van der Waals surface area contributed by atoms with Crippen LogP contribution in [0.4, 0.5) is 5.69 Å². The lowest BCUT2D eigenvalue weighted by Crippen LogP contribution is -2.53. The van der Waals surface area contributed by atoms with Crippen LogP contribution in [-0.2, 0) is 16.0 Å². The van der Waals surface area contributed by atoms with Gasteiger partial charge in [-0.1, -0.05) is 30.4 Å². The molecule has 1 saturated heterocycles. The lowest BCUT2D eigenvalue weighted by atomic mass is 9.78. The van der Waals surface area contributed by atoms with Crippen LogP contribution < -0.4 is 10.6 Å². The second kappa shape index (κ2) is 5.14. The Kier molecular flexibility index (Phi) is 3.48. The molecule has 0 saturated carbocycles. The number of nitrogens with zero attached hydrogens (tertiary/aromatic N) is 1. The van der Waals surface area contributed by atoms with Crippen molar-refractivity contribution in [2.24, 2.45) is 11.1 Å². The lowest BCUT2D eigenvalue weighted by molar-refractivity contribution is -0.128. The molecular formula is C15H18N2O2S. The van der Waals surface area contributed by atoms with Crippen LogP contribution in [-0.4, -0.2) is 30.7 Å². The minimum atomic E-state index is -0.731. The first-order valence-corrected chi connectivity index (χ1v) is 7.33. The molecule has 1 aromatic carbocycles. The summed E-state index contributed by atoms with van der Waals surface area (Å²) < 4.78 is 5.37. The Morgan fingerprint density at radius 1 is 1.30 bits per heavy atom. The zero-order chi connectivity index (χ0) is 14.2. The van der Waals surface area contributed by atoms with E-state index < -0.39 is 5.41 Å². The average Bonchev–Trinajstić information content (AvgIpc) is 2.91. The average molecular weight is 290 g/mol. The number of nitrogens with two attached hydrogens (primary N) is 1. The molecule has 3 rings (SSSR count). The van der Waals surface area contributed by atoms with Crippen molar-refractivity contribution < 1.29 is 9.53 Å². The summed E-state index contributed by atoms with van der Waals surface area (Å²) in [6.45, 7) is 1.79. The molecule has 2 aliphatic heterocycles. The smallest absolute Gasteiger partial charge is 0.240 e. The molecule has 106 valence electrons. The largest absolute Gasteiger partial charge is 0.392 e. The third kappa shape index (κ3) is 2.01. The number of fused-ring (bicyclic) bond motifs is 1. The quantitative estimate of drug-likeness (QED) is 0.842. The SMILES string of the molecule is NC(=S)C1(C(=O)N2CCc3ccccc32)CCOCC1. The number of thiocarbonyl (C=S) groups is 1. The monoisotopic (exact) mass is 290 g/mol. The molecule has 0 spiro atoms. The van der Waals surface area contributed by atoms with Crippen molar-refractivity contribution in [1.29, 1.82) is 0 Å². The predicted molar refractivity (Wildman–Crippen MR) is 81.8 cm³/mol. The number of carbonyl (C=O) groups excluding carboxylic acids is 1. The van der Waals surface area contributed by atoms with Gasteiger partial charge < -0.3 is 15.4 Å². The van der Waals surface area contributed by atoms with E-state index in [9.17, 15) is 4.79 Å². The second-order valence-electron chi connectivity index (χ2n) is 5.39. The third-order valence-electron chi connectivity index (χ3n) is 4.36. The molecule has 1 aromatic rings. The zero-order valence-corrected chi connectivity index (χ0v) is 12.1. The van der Waals surface area contributed by atoms with Gasteiger partial charge in [0, 0.05) is 25.4 Å². The van der Waals surface area contributed by atoms with Crippen molar-refractivity contribution in [3.8, 4) is 0 Å². The van der Waals surface area contributed by atoms with E-state index in [1.807, 2.05) is 23.1 Å². The van der Waals surface area contributed by atoms with Crippen molar-refractivity contribution in [2.45, 2.75) is 19.3 Å². The van der Waals surface area contributed by atoms with Crippen molar-refractivity contribution in [1.82, 2.24) is 0 Å². The van der Waals surface area contributed by atoms with Gasteiger partial charge in [-0.25, -0.2) is 0 Å². The Bertz CT molecular complexity index is 553. The van der Waals surface area contributed by atoms with Gasteiger partial charge in [-0.3, -0.25) is 4.79 Å². The van der Waals surface area contributed by atoms with Crippen molar-refractivity contribution in [3.63, 3.8) is 0 Å². The van der Waals surface area contributed by atoms with Gasteiger partial charge in [0.1, 0.15) is 5.41 Å². The molecule has 20 heavy (non-hydrogen) atoms. The Morgan fingerprint density at radius 2 is 2.00 bits per heavy atom. The third-order valence-corrected chi connectivity index (χ3v) is 4.75. The van der Waals surface area contributed by atoms with Crippen molar-refractivity contribution >= 4 is 28.8 Å². The fraction of sp³-hybridized carbons (Fsp3) is 0.467. The summed E-state index contributed by atoms with van der Waals surface area (Å²) >= 11 is 5.21. The molecular weight excluding hydrogens is 272 g/mol. The number of ether oxygens (including phenoxy) is 1. The van der Waals surface area contributed by atoms with Gasteiger partial charge in [0.15, 0.2) is 0 Å². The maximum absolute atomic E-state index is 13.0. The summed E-state index contributed by atoms with van der Waals surface area (Å²) in [7, 11) is 0. The number of benzene rings is 1. The first-order valence-electron chi connectivity index (χ1n) is 6.93. The minimum absolute atomic E-state index is 0.0400. The molecule has 0 bridgehead atoms. The van der Waals surface area contributed by atoms with Crippen LogP contribution in [0.25, 0.3) is 0 Å². The number of amides is 1. The van der Waals surface area contributed by atoms with Crippen LogP contribution in [0.2, 0.25) is 0 Å². The standard InChI is InChI=1S/C15H18N2O2S/c16-13(20)15(6-9-19-10-7-15)14(18)17-8-5-11-3-1-2-4-12(11)17/h1-4H,5-10H2,(H2,16,20). The maximum Gasteiger partial charge on any atom is 0.240 e. The highest BCUT2D eigenvalue weighted by atomic mass is 32.1. The normalized spacial score (nSPS) is 20.5. The van der Waals surface area contributed by atoms with Crippen LogP contribution in [0, 0.1) is 5.41 Å². The van der Waals surface area contributed by atoms with Crippen LogP contribution in [0.3, 0.4) is 0 Å². The predicted octanol–water partition coefficient (Wildman–Crippen LogP) is 1.66. The Labute approximate surface area is 123 Å². The molecule has 0 radical (unpaired) electrons. The van der Waals surface area contributed by atoms with E-state index >= 15 is 0 Å². The van der Waals surface area contributed by atoms with Crippen molar-refractivity contribution in [3.05, 3.63) is 29.8 Å². The van der Waals surface area contributed by atoms with Gasteiger partial charge in [-0.05, 0) is 30.9 Å². The van der Waals surface area contributed by atoms with E-state index in [4.69, 9.17) is 22.7 Å². The first kappa shape index (κ1) is 13.5. The summed E-state index contributed by atoms with van der Waals surface area (Å²) in [5.74, 6) is 0.0400. The van der Waals surface area contributed by atoms with Gasteiger partial charge in [-0.15, -0.1) is 0 Å². The number of anilines is 1. The van der Waals surface area contributed by atoms with Gasteiger partial charge >= 0.3 is 0 Å². The summed E-state index contributed by atoms with van der Waals surface area (Å²) in [5.41, 5.74) is 7.40. The highest BCUT2D eigenvalue weighted by Gasteiger charge is 2.46. The first-order chi connectivity index (χ1) is 9.65. The molecule has 2 N–H and O–H groups in total. The van der Waals surface area contributed by atoms with Gasteiger partial charge in [0.2, 0.25) is 5.91 Å². The summed E-state index contributed by atoms with van der Waals surface area (Å²) in [6, 6.07) is 8.03. The lowest BCUT2D eigenvalue weighted by Gasteiger charge is -2.37. The van der Waals surface area contributed by atoms with Crippen LogP contribution in [0.1, 0.15) is 18.4 Å². The molecule has 2 aliphatic rings. The van der Waals surface area contributed by atoms with E-state index in [1.54, 1.807) is 0 Å². The van der Waals surface area contributed by atoms with E-state index in [0.717, 1.165) is 12.1 Å². The van der Waals surface area contributed by atoms with Gasteiger partial charge in [0.25, 0.3) is 0 Å². The molecule has 1 fully saturated rings. The zero-order valence-electron chi connectivity index (χ0n) is 11.3. The molecule has 0 aliphatic carbocycles. The molecule has 5 heteroatoms. The van der Waals surface area contributed by atoms with Crippen LogP contribution >= 0.6 is 12.2 Å². The van der Waals surface area contributed by atoms with Crippen LogP contribution in [0.5, 0.6) is 0 Å². The van der Waals surface area contributed by atoms with E-state index in [-0.39, 0.29) is 5.91 Å². The summed E-state index contributed by atoms with van der Waals surface area (Å²) in [4.78, 5) is 15.2. The molecule has 0 unspecified atom stereocenters. The minimum Gasteiger partial charge on any atom is -0.392 e. The Hall–Kier alpha value is -1.46. The highest BCUT2D eigenvalue weighted by Crippen LogP contribution is 2.37. The number of rotatable bonds is 2. The van der Waals surface area contributed by atoms with E-state index in [1.165, 1.54) is 5.56 Å². The van der Waals surface area contributed by atoms with E-state index in [0.29, 0.717) is 37.6 Å². The number of carbonyl (C=O) groups is 1. The number of hydrogen-bond donors (Lipinski definition) is 1. The maximum atomic E-state index is 13.0. The molecule has 1 amide bonds. The molecule has 2 heterocycles. The number of hydrogen-bond acceptors (Lipinski definition) is 3. The second-order valence-corrected chi connectivity index (χ2v) is 5.83. The molecule has 0 atom stereocenters. The van der Waals surface area contributed by atoms with Crippen molar-refractivity contribution in [2.75, 3.05) is 24.7 Å². The number of para-hydroxylation sites is 1. The molecule has 0 aromatic heterocycles. The topological polar surface area (TPSA) is 55.6 Å². The van der Waals surface area contributed by atoms with E-state index in [2.05, 4.69) is 6.07 Å². The summed E-state index contributed by atoms with van der Waals surface area (Å²) in [6.07, 6.45) is 2.06. The Morgan fingerprint density at radius 3 is 2.70 bits per heavy atom. The Balaban J connectivity index is 1.94. The fourth-order valence-electron chi connectivity index (χ4n) is 3.09. The molecule has 4 nitrogen and oxygen atoms in total. The van der Waals surface area contributed by atoms with Gasteiger partial charge in [0.05, 0.1) is 4.99 Å². The summed E-state index contributed by atoms with van der Waals surface area (Å²) in [5, 5.41) is 0. The highest BCUT2D eigenvalue weighted by molar-refractivity contribution is 7.80. The van der Waals surface area contributed by atoms with Gasteiger partial charge in [-0.2, -0.15) is 0 Å².